The molecular formula is C20H31AsO7. The number of ether oxygens (including phenoxy) is 2. The second-order valence-electron chi connectivity index (χ2n) is 8.82. The molecule has 0 N–H and O–H groups in total. The summed E-state index contributed by atoms with van der Waals surface area (Å²) in [4.78, 5) is 11.3. The monoisotopic (exact) mass is 458 g/mol. The predicted octanol–water partition coefficient (Wildman–Crippen LogP) is 2.65. The van der Waals surface area contributed by atoms with Gasteiger partial charge >= 0.3 is 168 Å². The van der Waals surface area contributed by atoms with Crippen molar-refractivity contribution in [3.8, 4) is 5.75 Å². The number of carbonyl (C=O) groups is 1. The molecular weight excluding hydrogens is 427 g/mol. The fourth-order valence-corrected chi connectivity index (χ4v) is 13.9. The van der Waals surface area contributed by atoms with Gasteiger partial charge in [0.15, 0.2) is 0 Å². The molecule has 0 radical (unpaired) electrons. The van der Waals surface area contributed by atoms with E-state index in [4.69, 9.17) is 19.6 Å². The number of benzene rings is 1. The van der Waals surface area contributed by atoms with Gasteiger partial charge in [-0.2, -0.15) is 0 Å². The second-order valence-corrected chi connectivity index (χ2v) is 14.9. The van der Waals surface area contributed by atoms with E-state index in [0.29, 0.717) is 5.75 Å². The van der Waals surface area contributed by atoms with Crippen molar-refractivity contribution in [2.45, 2.75) is 71.4 Å². The van der Waals surface area contributed by atoms with Crippen LogP contribution in [0.25, 0.3) is 0 Å². The van der Waals surface area contributed by atoms with Gasteiger partial charge in [-0.15, -0.1) is 0 Å². The van der Waals surface area contributed by atoms with Gasteiger partial charge in [-0.05, 0) is 0 Å². The van der Waals surface area contributed by atoms with Crippen molar-refractivity contribution in [3.05, 3.63) is 24.3 Å². The van der Waals surface area contributed by atoms with E-state index in [9.17, 15) is 4.79 Å². The van der Waals surface area contributed by atoms with Crippen molar-refractivity contribution in [1.29, 1.82) is 0 Å². The van der Waals surface area contributed by atoms with Crippen molar-refractivity contribution in [3.63, 3.8) is 0 Å². The van der Waals surface area contributed by atoms with E-state index in [0.717, 1.165) is 4.35 Å². The van der Waals surface area contributed by atoms with Crippen molar-refractivity contribution in [1.82, 2.24) is 0 Å². The van der Waals surface area contributed by atoms with Crippen LogP contribution in [0.1, 0.15) is 48.5 Å². The van der Waals surface area contributed by atoms with E-state index in [1.165, 1.54) is 7.11 Å². The van der Waals surface area contributed by atoms with E-state index in [2.05, 4.69) is 4.74 Å². The van der Waals surface area contributed by atoms with Crippen LogP contribution < -0.4 is 9.09 Å². The minimum absolute atomic E-state index is 0.159. The molecule has 0 bridgehead atoms. The van der Waals surface area contributed by atoms with Gasteiger partial charge < -0.3 is 0 Å². The zero-order valence-electron chi connectivity index (χ0n) is 17.9. The third kappa shape index (κ3) is 3.27. The third-order valence-electron chi connectivity index (χ3n) is 5.78. The summed E-state index contributed by atoms with van der Waals surface area (Å²) in [6.45, 7) is 13.7. The summed E-state index contributed by atoms with van der Waals surface area (Å²) in [6, 6.07) is 7.19. The molecule has 1 aromatic rings. The Bertz CT molecular complexity index is 753. The molecule has 3 rings (SSSR count). The Hall–Kier alpha value is -1.11. The van der Waals surface area contributed by atoms with E-state index >= 15 is 0 Å². The van der Waals surface area contributed by atoms with Gasteiger partial charge in [0, 0.05) is 0 Å². The summed E-state index contributed by atoms with van der Waals surface area (Å²) < 4.78 is 37.2. The standard InChI is InChI=1S/C20H31AsO7/c1-14-18(2,3)26-21(25-14,27-19(4,5)20(6,7)28-21)15-9-11-16(12-10-15)24-13-17(22)23-8/h9-12,14H,13H2,1-8H3. The Balaban J connectivity index is 2.02. The number of carbonyl (C=O) groups excluding carboxylic acids is 1. The first-order valence-electron chi connectivity index (χ1n) is 9.40. The minimum atomic E-state index is -4.79. The van der Waals surface area contributed by atoms with Crippen LogP contribution in [0.5, 0.6) is 5.75 Å². The van der Waals surface area contributed by atoms with Crippen molar-refractivity contribution < 1.29 is 29.2 Å². The maximum absolute atomic E-state index is 11.3. The van der Waals surface area contributed by atoms with Crippen LogP contribution in [0.4, 0.5) is 0 Å². The van der Waals surface area contributed by atoms with E-state index in [1.54, 1.807) is 12.1 Å². The summed E-state index contributed by atoms with van der Waals surface area (Å²) in [7, 11) is 1.32. The summed E-state index contributed by atoms with van der Waals surface area (Å²) in [6.07, 6.45) is -0.210. The van der Waals surface area contributed by atoms with Crippen molar-refractivity contribution >= 4 is 24.1 Å². The second kappa shape index (κ2) is 6.44. The van der Waals surface area contributed by atoms with Crippen LogP contribution in [0.3, 0.4) is 0 Å². The van der Waals surface area contributed by atoms with Gasteiger partial charge in [0.05, 0.1) is 0 Å². The molecule has 1 unspecified atom stereocenters. The topological polar surface area (TPSA) is 72.5 Å². The Morgan fingerprint density at radius 2 is 1.54 bits per heavy atom. The van der Waals surface area contributed by atoms with Crippen molar-refractivity contribution in [2.75, 3.05) is 13.7 Å². The summed E-state index contributed by atoms with van der Waals surface area (Å²) in [5.41, 5.74) is -1.79. The molecule has 0 aliphatic carbocycles. The molecule has 28 heavy (non-hydrogen) atoms. The zero-order valence-corrected chi connectivity index (χ0v) is 19.8. The maximum atomic E-state index is 11.3. The van der Waals surface area contributed by atoms with Gasteiger partial charge in [-0.25, -0.2) is 0 Å². The number of esters is 1. The van der Waals surface area contributed by atoms with Gasteiger partial charge in [-0.1, -0.05) is 0 Å². The molecule has 2 fully saturated rings. The van der Waals surface area contributed by atoms with Crippen LogP contribution in [0, 0.1) is 0 Å². The Morgan fingerprint density at radius 1 is 1.00 bits per heavy atom. The normalized spacial score (nSPS) is 29.7. The summed E-state index contributed by atoms with van der Waals surface area (Å²) in [5, 5.41) is 0. The van der Waals surface area contributed by atoms with Crippen LogP contribution in [-0.4, -0.2) is 56.4 Å². The van der Waals surface area contributed by atoms with Gasteiger partial charge in [-0.3, -0.25) is 0 Å². The van der Waals surface area contributed by atoms with Gasteiger partial charge in [0.25, 0.3) is 0 Å². The average Bonchev–Trinajstić information content (AvgIpc) is 2.87. The molecule has 158 valence electrons. The van der Waals surface area contributed by atoms with Gasteiger partial charge in [0.2, 0.25) is 0 Å². The summed E-state index contributed by atoms with van der Waals surface area (Å²) in [5.74, 6) is 0.0868. The van der Waals surface area contributed by atoms with E-state index < -0.39 is 36.6 Å². The summed E-state index contributed by atoms with van der Waals surface area (Å²) >= 11 is -4.79. The number of hydrogen-bond donors (Lipinski definition) is 0. The third-order valence-corrected chi connectivity index (χ3v) is 14.5. The quantitative estimate of drug-likeness (QED) is 0.508. The molecule has 1 atom stereocenters. The molecule has 2 saturated heterocycles. The number of rotatable bonds is 4. The molecule has 1 aromatic carbocycles. The molecule has 0 aromatic heterocycles. The Labute approximate surface area is 168 Å². The van der Waals surface area contributed by atoms with Crippen LogP contribution in [-0.2, 0) is 24.4 Å². The average molecular weight is 458 g/mol. The van der Waals surface area contributed by atoms with Crippen LogP contribution in [0.2, 0.25) is 0 Å². The Morgan fingerprint density at radius 3 is 1.96 bits per heavy atom. The predicted molar refractivity (Wildman–Crippen MR) is 105 cm³/mol. The molecule has 1 spiro atoms. The molecule has 2 aliphatic rings. The van der Waals surface area contributed by atoms with E-state index in [1.807, 2.05) is 60.6 Å². The number of methoxy groups -OCH3 is 1. The Kier molecular flexibility index (Phi) is 4.97. The van der Waals surface area contributed by atoms with Crippen molar-refractivity contribution in [2.24, 2.45) is 0 Å². The first-order chi connectivity index (χ1) is 12.8. The molecule has 0 amide bonds. The molecule has 2 aliphatic heterocycles. The fourth-order valence-electron chi connectivity index (χ4n) is 3.21. The molecule has 7 nitrogen and oxygen atoms in total. The van der Waals surface area contributed by atoms with Gasteiger partial charge in [0.1, 0.15) is 0 Å². The SMILES string of the molecule is COC(=O)COc1ccc([As]23(OC(C)C(C)(C)O2)OC(C)(C)C(C)(C)O3)cc1. The fraction of sp³-hybridized carbons (Fsp3) is 0.650. The molecule has 0 saturated carbocycles. The first-order valence-corrected chi connectivity index (χ1v) is 13.4. The van der Waals surface area contributed by atoms with Crippen LogP contribution in [0.15, 0.2) is 24.3 Å². The first kappa shape index (κ1) is 21.6. The molecule has 2 heterocycles. The molecule has 8 heteroatoms. The zero-order chi connectivity index (χ0) is 21.0. The number of hydrogen-bond acceptors (Lipinski definition) is 7. The van der Waals surface area contributed by atoms with Crippen LogP contribution >= 0.6 is 0 Å². The van der Waals surface area contributed by atoms with E-state index in [-0.39, 0.29) is 12.7 Å².